The highest BCUT2D eigenvalue weighted by Gasteiger charge is 2.31. The predicted molar refractivity (Wildman–Crippen MR) is 97.1 cm³/mol. The van der Waals surface area contributed by atoms with Gasteiger partial charge in [-0.3, -0.25) is 0 Å². The van der Waals surface area contributed by atoms with E-state index in [1.165, 1.54) is 11.3 Å². The number of benzene rings is 1. The van der Waals surface area contributed by atoms with Crippen molar-refractivity contribution in [2.24, 2.45) is 5.92 Å². The molecule has 2 aromatic rings. The van der Waals surface area contributed by atoms with E-state index < -0.39 is 10.0 Å². The summed E-state index contributed by atoms with van der Waals surface area (Å²) >= 11 is 1.38. The molecule has 1 aliphatic heterocycles. The standard InChI is InChI=1S/C18H23NO3S2/c1-2-17-10-11-18(23-17)24(20,21)19-12-6-7-15(13-19)14-22-16-8-4-3-5-9-16/h3-5,8-11,15H,2,6-7,12-14H2,1H3. The highest BCUT2D eigenvalue weighted by atomic mass is 32.2. The van der Waals surface area contributed by atoms with Crippen LogP contribution in [-0.2, 0) is 16.4 Å². The van der Waals surface area contributed by atoms with Crippen molar-refractivity contribution in [1.29, 1.82) is 0 Å². The Balaban J connectivity index is 1.64. The van der Waals surface area contributed by atoms with Crippen molar-refractivity contribution in [3.63, 3.8) is 0 Å². The number of aryl methyl sites for hydroxylation is 1. The number of thiophene rings is 1. The van der Waals surface area contributed by atoms with Crippen LogP contribution in [0.15, 0.2) is 46.7 Å². The number of rotatable bonds is 6. The lowest BCUT2D eigenvalue weighted by molar-refractivity contribution is 0.180. The predicted octanol–water partition coefficient (Wildman–Crippen LogP) is 3.79. The van der Waals surface area contributed by atoms with Crippen molar-refractivity contribution in [1.82, 2.24) is 4.31 Å². The maximum absolute atomic E-state index is 12.8. The summed E-state index contributed by atoms with van der Waals surface area (Å²) in [4.78, 5) is 1.11. The van der Waals surface area contributed by atoms with E-state index in [2.05, 4.69) is 0 Å². The average molecular weight is 366 g/mol. The van der Waals surface area contributed by atoms with E-state index in [0.717, 1.165) is 29.9 Å². The average Bonchev–Trinajstić information content (AvgIpc) is 3.11. The van der Waals surface area contributed by atoms with E-state index in [4.69, 9.17) is 4.74 Å². The molecule has 130 valence electrons. The molecule has 0 saturated carbocycles. The first kappa shape index (κ1) is 17.5. The van der Waals surface area contributed by atoms with Gasteiger partial charge in [-0.1, -0.05) is 25.1 Å². The molecule has 0 bridgehead atoms. The molecule has 0 radical (unpaired) electrons. The quantitative estimate of drug-likeness (QED) is 0.782. The van der Waals surface area contributed by atoms with Crippen LogP contribution in [0.4, 0.5) is 0 Å². The second-order valence-corrected chi connectivity index (χ2v) is 9.40. The normalized spacial score (nSPS) is 19.3. The van der Waals surface area contributed by atoms with Gasteiger partial charge in [-0.25, -0.2) is 8.42 Å². The zero-order chi connectivity index (χ0) is 17.0. The Morgan fingerprint density at radius 2 is 2.00 bits per heavy atom. The topological polar surface area (TPSA) is 46.6 Å². The van der Waals surface area contributed by atoms with Crippen LogP contribution >= 0.6 is 11.3 Å². The van der Waals surface area contributed by atoms with E-state index in [0.29, 0.717) is 23.9 Å². The molecule has 1 fully saturated rings. The Labute approximate surface area is 148 Å². The summed E-state index contributed by atoms with van der Waals surface area (Å²) in [7, 11) is -3.37. The summed E-state index contributed by atoms with van der Waals surface area (Å²) in [6, 6.07) is 13.3. The minimum absolute atomic E-state index is 0.235. The number of para-hydroxylation sites is 1. The summed E-state index contributed by atoms with van der Waals surface area (Å²) in [5.41, 5.74) is 0. The van der Waals surface area contributed by atoms with E-state index in [-0.39, 0.29) is 5.92 Å². The Hall–Kier alpha value is -1.37. The van der Waals surface area contributed by atoms with Crippen LogP contribution in [0.1, 0.15) is 24.6 Å². The number of ether oxygens (including phenoxy) is 1. The molecule has 1 atom stereocenters. The van der Waals surface area contributed by atoms with Gasteiger partial charge in [0.2, 0.25) is 0 Å². The van der Waals surface area contributed by atoms with Gasteiger partial charge in [0.05, 0.1) is 6.61 Å². The summed E-state index contributed by atoms with van der Waals surface area (Å²) in [5, 5.41) is 0. The molecular formula is C18H23NO3S2. The number of hydrogen-bond acceptors (Lipinski definition) is 4. The van der Waals surface area contributed by atoms with Crippen LogP contribution in [0.25, 0.3) is 0 Å². The Morgan fingerprint density at radius 1 is 1.21 bits per heavy atom. The molecule has 1 aromatic carbocycles. The maximum atomic E-state index is 12.8. The lowest BCUT2D eigenvalue weighted by Crippen LogP contribution is -2.41. The molecule has 1 aromatic heterocycles. The van der Waals surface area contributed by atoms with Crippen molar-refractivity contribution < 1.29 is 13.2 Å². The van der Waals surface area contributed by atoms with Crippen molar-refractivity contribution in [3.8, 4) is 5.75 Å². The zero-order valence-corrected chi connectivity index (χ0v) is 15.5. The second kappa shape index (κ2) is 7.68. The smallest absolute Gasteiger partial charge is 0.252 e. The molecule has 1 aliphatic rings. The van der Waals surface area contributed by atoms with Gasteiger partial charge < -0.3 is 4.74 Å². The Morgan fingerprint density at radius 3 is 2.71 bits per heavy atom. The molecular weight excluding hydrogens is 342 g/mol. The van der Waals surface area contributed by atoms with Crippen molar-refractivity contribution in [2.75, 3.05) is 19.7 Å². The maximum Gasteiger partial charge on any atom is 0.252 e. The zero-order valence-electron chi connectivity index (χ0n) is 13.8. The Kier molecular flexibility index (Phi) is 5.58. The van der Waals surface area contributed by atoms with Gasteiger partial charge in [0.15, 0.2) is 0 Å². The molecule has 0 N–H and O–H groups in total. The lowest BCUT2D eigenvalue weighted by atomic mass is 10.0. The van der Waals surface area contributed by atoms with E-state index in [1.807, 2.05) is 43.3 Å². The summed E-state index contributed by atoms with van der Waals surface area (Å²) < 4.78 is 33.6. The Bertz CT molecular complexity index is 756. The van der Waals surface area contributed by atoms with Gasteiger partial charge in [0.25, 0.3) is 10.0 Å². The molecule has 3 rings (SSSR count). The molecule has 6 heteroatoms. The molecule has 0 amide bonds. The van der Waals surface area contributed by atoms with Crippen molar-refractivity contribution in [2.45, 2.75) is 30.4 Å². The van der Waals surface area contributed by atoms with Crippen LogP contribution < -0.4 is 4.74 Å². The van der Waals surface area contributed by atoms with Gasteiger partial charge in [-0.2, -0.15) is 4.31 Å². The van der Waals surface area contributed by atoms with Crippen molar-refractivity contribution >= 4 is 21.4 Å². The largest absolute Gasteiger partial charge is 0.493 e. The number of hydrogen-bond donors (Lipinski definition) is 0. The second-order valence-electron chi connectivity index (χ2n) is 6.07. The minimum Gasteiger partial charge on any atom is -0.493 e. The molecule has 1 unspecified atom stereocenters. The van der Waals surface area contributed by atoms with Gasteiger partial charge >= 0.3 is 0 Å². The molecule has 0 aliphatic carbocycles. The number of piperidine rings is 1. The van der Waals surface area contributed by atoms with Gasteiger partial charge in [0.1, 0.15) is 9.96 Å². The highest BCUT2D eigenvalue weighted by molar-refractivity contribution is 7.91. The van der Waals surface area contributed by atoms with Crippen molar-refractivity contribution in [3.05, 3.63) is 47.3 Å². The SMILES string of the molecule is CCc1ccc(S(=O)(=O)N2CCCC(COc3ccccc3)C2)s1. The number of nitrogens with zero attached hydrogens (tertiary/aromatic N) is 1. The fourth-order valence-corrected chi connectivity index (χ4v) is 5.93. The first-order valence-electron chi connectivity index (χ1n) is 8.36. The molecule has 2 heterocycles. The third-order valence-electron chi connectivity index (χ3n) is 4.29. The van der Waals surface area contributed by atoms with Gasteiger partial charge in [-0.15, -0.1) is 11.3 Å². The van der Waals surface area contributed by atoms with Gasteiger partial charge in [0, 0.05) is 23.9 Å². The molecule has 1 saturated heterocycles. The first-order chi connectivity index (χ1) is 11.6. The minimum atomic E-state index is -3.37. The van der Waals surface area contributed by atoms with E-state index >= 15 is 0 Å². The third kappa shape index (κ3) is 3.99. The lowest BCUT2D eigenvalue weighted by Gasteiger charge is -2.31. The molecule has 0 spiro atoms. The summed E-state index contributed by atoms with van der Waals surface area (Å²) in [6.45, 7) is 3.73. The summed E-state index contributed by atoms with van der Waals surface area (Å²) in [6.07, 6.45) is 2.76. The van der Waals surface area contributed by atoms with E-state index in [9.17, 15) is 8.42 Å². The highest BCUT2D eigenvalue weighted by Crippen LogP contribution is 2.29. The van der Waals surface area contributed by atoms with Crippen LogP contribution in [-0.4, -0.2) is 32.4 Å². The third-order valence-corrected chi connectivity index (χ3v) is 7.85. The first-order valence-corrected chi connectivity index (χ1v) is 10.6. The number of sulfonamides is 1. The van der Waals surface area contributed by atoms with Crippen LogP contribution in [0.2, 0.25) is 0 Å². The van der Waals surface area contributed by atoms with Crippen LogP contribution in [0.3, 0.4) is 0 Å². The van der Waals surface area contributed by atoms with Gasteiger partial charge in [-0.05, 0) is 43.5 Å². The fraction of sp³-hybridized carbons (Fsp3) is 0.444. The van der Waals surface area contributed by atoms with E-state index in [1.54, 1.807) is 10.4 Å². The van der Waals surface area contributed by atoms with Crippen LogP contribution in [0, 0.1) is 5.92 Å². The molecule has 4 nitrogen and oxygen atoms in total. The molecule has 24 heavy (non-hydrogen) atoms. The summed E-state index contributed by atoms with van der Waals surface area (Å²) in [5.74, 6) is 1.07. The monoisotopic (exact) mass is 365 g/mol. The fourth-order valence-electron chi connectivity index (χ4n) is 2.93. The van der Waals surface area contributed by atoms with Crippen LogP contribution in [0.5, 0.6) is 5.75 Å².